The molecular weight excluding hydrogens is 230 g/mol. The van der Waals surface area contributed by atoms with E-state index in [9.17, 15) is 0 Å². The lowest BCUT2D eigenvalue weighted by molar-refractivity contribution is 0.0899. The number of likely N-dealkylation sites (N-methyl/N-ethyl adjacent to an activating group) is 3. The van der Waals surface area contributed by atoms with Crippen LogP contribution in [-0.4, -0.2) is 62.7 Å². The number of nitrogens with zero attached hydrogens (tertiary/aromatic N) is 2. The van der Waals surface area contributed by atoms with Crippen LogP contribution in [0, 0.1) is 0 Å². The third kappa shape index (κ3) is 3.28. The Morgan fingerprint density at radius 1 is 1.47 bits per heavy atom. The molecule has 0 amide bonds. The lowest BCUT2D eigenvalue weighted by atomic mass is 10.0. The molecule has 96 valence electrons. The number of piperazine rings is 1. The molecule has 1 aromatic heterocycles. The summed E-state index contributed by atoms with van der Waals surface area (Å²) in [6, 6.07) is 5.53. The largest absolute Gasteiger partial charge is 0.315 e. The van der Waals surface area contributed by atoms with Crippen LogP contribution in [0.4, 0.5) is 0 Å². The second kappa shape index (κ2) is 5.96. The summed E-state index contributed by atoms with van der Waals surface area (Å²) in [6.07, 6.45) is 1.14. The van der Waals surface area contributed by atoms with Gasteiger partial charge in [-0.15, -0.1) is 11.3 Å². The van der Waals surface area contributed by atoms with E-state index in [0.29, 0.717) is 12.1 Å². The van der Waals surface area contributed by atoms with Gasteiger partial charge < -0.3 is 10.2 Å². The average Bonchev–Trinajstić information content (AvgIpc) is 2.82. The minimum absolute atomic E-state index is 0.543. The molecule has 2 atom stereocenters. The molecule has 3 nitrogen and oxygen atoms in total. The first-order valence-corrected chi connectivity index (χ1v) is 7.17. The molecule has 1 aliphatic heterocycles. The normalized spacial score (nSPS) is 25.0. The Labute approximate surface area is 108 Å². The van der Waals surface area contributed by atoms with Gasteiger partial charge in [-0.1, -0.05) is 6.07 Å². The van der Waals surface area contributed by atoms with Crippen molar-refractivity contribution in [2.24, 2.45) is 0 Å². The van der Waals surface area contributed by atoms with Crippen LogP contribution in [0.1, 0.15) is 4.88 Å². The SMILES string of the molecule is CNC(Cc1cccs1)C1CN(C)CCN1C. The highest BCUT2D eigenvalue weighted by atomic mass is 32.1. The van der Waals surface area contributed by atoms with Gasteiger partial charge in [-0.3, -0.25) is 4.90 Å². The molecule has 0 bridgehead atoms. The van der Waals surface area contributed by atoms with Crippen LogP contribution in [0.25, 0.3) is 0 Å². The predicted molar refractivity (Wildman–Crippen MR) is 74.8 cm³/mol. The van der Waals surface area contributed by atoms with E-state index in [1.54, 1.807) is 0 Å². The van der Waals surface area contributed by atoms with Crippen LogP contribution in [0.5, 0.6) is 0 Å². The van der Waals surface area contributed by atoms with E-state index < -0.39 is 0 Å². The predicted octanol–water partition coefficient (Wildman–Crippen LogP) is 1.12. The molecule has 17 heavy (non-hydrogen) atoms. The molecule has 4 heteroatoms. The van der Waals surface area contributed by atoms with Crippen molar-refractivity contribution in [2.75, 3.05) is 40.8 Å². The zero-order valence-electron chi connectivity index (χ0n) is 11.0. The van der Waals surface area contributed by atoms with Crippen molar-refractivity contribution in [3.05, 3.63) is 22.4 Å². The second-order valence-corrected chi connectivity index (χ2v) is 6.02. The topological polar surface area (TPSA) is 18.5 Å². The van der Waals surface area contributed by atoms with E-state index in [0.717, 1.165) is 13.0 Å². The number of thiophene rings is 1. The Hall–Kier alpha value is -0.420. The summed E-state index contributed by atoms with van der Waals surface area (Å²) in [4.78, 5) is 6.41. The minimum atomic E-state index is 0.543. The van der Waals surface area contributed by atoms with E-state index in [2.05, 4.69) is 53.8 Å². The van der Waals surface area contributed by atoms with Crippen LogP contribution < -0.4 is 5.32 Å². The number of nitrogens with one attached hydrogen (secondary N) is 1. The van der Waals surface area contributed by atoms with E-state index in [1.165, 1.54) is 18.0 Å². The lowest BCUT2D eigenvalue weighted by Gasteiger charge is -2.41. The fourth-order valence-corrected chi connectivity index (χ4v) is 3.32. The molecule has 0 spiro atoms. The average molecular weight is 253 g/mol. The molecule has 0 aliphatic carbocycles. The van der Waals surface area contributed by atoms with Gasteiger partial charge in [0, 0.05) is 36.6 Å². The fraction of sp³-hybridized carbons (Fsp3) is 0.692. The maximum absolute atomic E-state index is 3.50. The fourth-order valence-electron chi connectivity index (χ4n) is 2.55. The van der Waals surface area contributed by atoms with Crippen LogP contribution in [0.3, 0.4) is 0 Å². The Kier molecular flexibility index (Phi) is 4.56. The Morgan fingerprint density at radius 3 is 2.94 bits per heavy atom. The number of rotatable bonds is 4. The summed E-state index contributed by atoms with van der Waals surface area (Å²) in [7, 11) is 6.55. The summed E-state index contributed by atoms with van der Waals surface area (Å²) in [5.74, 6) is 0. The second-order valence-electron chi connectivity index (χ2n) is 4.99. The van der Waals surface area contributed by atoms with Crippen molar-refractivity contribution in [3.8, 4) is 0 Å². The van der Waals surface area contributed by atoms with E-state index >= 15 is 0 Å². The highest BCUT2D eigenvalue weighted by molar-refractivity contribution is 7.09. The smallest absolute Gasteiger partial charge is 0.0377 e. The molecule has 0 radical (unpaired) electrons. The van der Waals surface area contributed by atoms with Crippen LogP contribution >= 0.6 is 11.3 Å². The van der Waals surface area contributed by atoms with Gasteiger partial charge in [-0.2, -0.15) is 0 Å². The van der Waals surface area contributed by atoms with Crippen LogP contribution in [0.15, 0.2) is 17.5 Å². The zero-order chi connectivity index (χ0) is 12.3. The molecule has 2 heterocycles. The highest BCUT2D eigenvalue weighted by Gasteiger charge is 2.28. The van der Waals surface area contributed by atoms with Gasteiger partial charge in [-0.05, 0) is 39.0 Å². The summed E-state index contributed by atoms with van der Waals surface area (Å²) in [5, 5.41) is 5.66. The van der Waals surface area contributed by atoms with E-state index in [1.807, 2.05) is 11.3 Å². The third-order valence-electron chi connectivity index (χ3n) is 3.74. The molecule has 1 aromatic rings. The Bertz CT molecular complexity index is 325. The van der Waals surface area contributed by atoms with Gasteiger partial charge in [0.1, 0.15) is 0 Å². The van der Waals surface area contributed by atoms with Crippen molar-refractivity contribution in [2.45, 2.75) is 18.5 Å². The molecular formula is C13H23N3S. The van der Waals surface area contributed by atoms with Gasteiger partial charge >= 0.3 is 0 Å². The van der Waals surface area contributed by atoms with E-state index in [4.69, 9.17) is 0 Å². The Morgan fingerprint density at radius 2 is 2.29 bits per heavy atom. The molecule has 0 saturated carbocycles. The molecule has 1 aliphatic rings. The highest BCUT2D eigenvalue weighted by Crippen LogP contribution is 2.17. The lowest BCUT2D eigenvalue weighted by Crippen LogP contribution is -2.58. The van der Waals surface area contributed by atoms with Crippen LogP contribution in [0.2, 0.25) is 0 Å². The summed E-state index contributed by atoms with van der Waals surface area (Å²) >= 11 is 1.86. The monoisotopic (exact) mass is 253 g/mol. The molecule has 1 N–H and O–H groups in total. The van der Waals surface area contributed by atoms with Gasteiger partial charge in [0.15, 0.2) is 0 Å². The molecule has 2 rings (SSSR count). The minimum Gasteiger partial charge on any atom is -0.315 e. The number of hydrogen-bond donors (Lipinski definition) is 1. The van der Waals surface area contributed by atoms with Crippen molar-refractivity contribution in [3.63, 3.8) is 0 Å². The quantitative estimate of drug-likeness (QED) is 0.868. The third-order valence-corrected chi connectivity index (χ3v) is 4.63. The molecule has 1 saturated heterocycles. The first-order valence-electron chi connectivity index (χ1n) is 6.29. The van der Waals surface area contributed by atoms with Gasteiger partial charge in [0.25, 0.3) is 0 Å². The molecule has 1 fully saturated rings. The van der Waals surface area contributed by atoms with Gasteiger partial charge in [0.05, 0.1) is 0 Å². The van der Waals surface area contributed by atoms with Gasteiger partial charge in [-0.25, -0.2) is 0 Å². The summed E-state index contributed by atoms with van der Waals surface area (Å²) in [5.41, 5.74) is 0. The van der Waals surface area contributed by atoms with Crippen molar-refractivity contribution in [1.82, 2.24) is 15.1 Å². The Balaban J connectivity index is 2.01. The maximum atomic E-state index is 3.50. The van der Waals surface area contributed by atoms with Gasteiger partial charge in [0.2, 0.25) is 0 Å². The summed E-state index contributed by atoms with van der Waals surface area (Å²) < 4.78 is 0. The zero-order valence-corrected chi connectivity index (χ0v) is 11.8. The van der Waals surface area contributed by atoms with Crippen LogP contribution in [-0.2, 0) is 6.42 Å². The number of hydrogen-bond acceptors (Lipinski definition) is 4. The van der Waals surface area contributed by atoms with E-state index in [-0.39, 0.29) is 0 Å². The standard InChI is InChI=1S/C13H23N3S/c1-14-12(9-11-5-4-8-17-11)13-10-15(2)6-7-16(13)3/h4-5,8,12-14H,6-7,9-10H2,1-3H3. The molecule has 0 aromatic carbocycles. The molecule has 2 unspecified atom stereocenters. The van der Waals surface area contributed by atoms with Crippen molar-refractivity contribution >= 4 is 11.3 Å². The first-order chi connectivity index (χ1) is 8.20. The maximum Gasteiger partial charge on any atom is 0.0377 e. The van der Waals surface area contributed by atoms with Crippen molar-refractivity contribution in [1.29, 1.82) is 0 Å². The summed E-state index contributed by atoms with van der Waals surface area (Å²) in [6.45, 7) is 3.51. The van der Waals surface area contributed by atoms with Crippen molar-refractivity contribution < 1.29 is 0 Å². The first kappa shape index (κ1) is 13.0.